The van der Waals surface area contributed by atoms with Gasteiger partial charge in [-0.05, 0) is 30.5 Å². The molecule has 1 aromatic carbocycles. The van der Waals surface area contributed by atoms with Gasteiger partial charge < -0.3 is 14.2 Å². The average Bonchev–Trinajstić information content (AvgIpc) is 3.23. The van der Waals surface area contributed by atoms with Gasteiger partial charge in [-0.1, -0.05) is 17.3 Å². The van der Waals surface area contributed by atoms with Crippen LogP contribution in [0.1, 0.15) is 30.1 Å². The minimum absolute atomic E-state index is 0.157. The Morgan fingerprint density at radius 2 is 2.08 bits per heavy atom. The molecule has 1 aromatic heterocycles. The summed E-state index contributed by atoms with van der Waals surface area (Å²) in [6.45, 7) is 0.503. The smallest absolute Gasteiger partial charge is 0.436 e. The summed E-state index contributed by atoms with van der Waals surface area (Å²) < 4.78 is 47.2. The number of hydrogen-bond acceptors (Lipinski definition) is 4. The predicted octanol–water partition coefficient (Wildman–Crippen LogP) is 4.07. The van der Waals surface area contributed by atoms with Gasteiger partial charge in [0.2, 0.25) is 5.88 Å². The Bertz CT molecular complexity index is 743. The third-order valence-electron chi connectivity index (χ3n) is 4.04. The van der Waals surface area contributed by atoms with Gasteiger partial charge in [-0.3, -0.25) is 5.32 Å². The molecule has 0 aliphatic carbocycles. The number of nitrogens with one attached hydrogen (secondary N) is 1. The third-order valence-corrected chi connectivity index (χ3v) is 4.04. The van der Waals surface area contributed by atoms with Crippen molar-refractivity contribution in [3.05, 3.63) is 41.6 Å². The lowest BCUT2D eigenvalue weighted by atomic mass is 10.0. The lowest BCUT2D eigenvalue weighted by Crippen LogP contribution is -2.34. The molecular formula is C16H16F3N3O3. The Morgan fingerprint density at radius 1 is 1.36 bits per heavy atom. The third kappa shape index (κ3) is 3.70. The highest BCUT2D eigenvalue weighted by atomic mass is 19.4. The zero-order valence-corrected chi connectivity index (χ0v) is 13.3. The number of nitrogens with zero attached hydrogens (tertiary/aromatic N) is 2. The first-order valence-corrected chi connectivity index (χ1v) is 7.64. The van der Waals surface area contributed by atoms with Gasteiger partial charge >= 0.3 is 12.2 Å². The van der Waals surface area contributed by atoms with E-state index in [1.807, 2.05) is 12.1 Å². The van der Waals surface area contributed by atoms with Crippen LogP contribution >= 0.6 is 0 Å². The number of hydrogen-bond donors (Lipinski definition) is 1. The monoisotopic (exact) mass is 355 g/mol. The van der Waals surface area contributed by atoms with Crippen molar-refractivity contribution in [2.24, 2.45) is 0 Å². The van der Waals surface area contributed by atoms with Crippen LogP contribution in [0, 0.1) is 0 Å². The van der Waals surface area contributed by atoms with Gasteiger partial charge in [0.05, 0.1) is 13.2 Å². The Labute approximate surface area is 141 Å². The van der Waals surface area contributed by atoms with E-state index in [2.05, 4.69) is 15.0 Å². The van der Waals surface area contributed by atoms with Crippen LogP contribution in [0.2, 0.25) is 0 Å². The van der Waals surface area contributed by atoms with Crippen molar-refractivity contribution in [1.82, 2.24) is 10.1 Å². The number of anilines is 1. The Hall–Kier alpha value is -2.71. The van der Waals surface area contributed by atoms with Gasteiger partial charge in [0.15, 0.2) is 5.69 Å². The van der Waals surface area contributed by atoms with Gasteiger partial charge in [-0.15, -0.1) is 0 Å². The maximum absolute atomic E-state index is 12.5. The first-order valence-electron chi connectivity index (χ1n) is 7.64. The molecule has 25 heavy (non-hydrogen) atoms. The molecule has 0 unspecified atom stereocenters. The van der Waals surface area contributed by atoms with Crippen molar-refractivity contribution in [2.45, 2.75) is 25.1 Å². The molecule has 2 amide bonds. The second-order valence-electron chi connectivity index (χ2n) is 5.63. The van der Waals surface area contributed by atoms with E-state index in [0.717, 1.165) is 18.4 Å². The van der Waals surface area contributed by atoms with Crippen molar-refractivity contribution in [3.8, 4) is 5.75 Å². The summed E-state index contributed by atoms with van der Waals surface area (Å²) in [6, 6.07) is 7.32. The van der Waals surface area contributed by atoms with Gasteiger partial charge in [-0.25, -0.2) is 4.79 Å². The Balaban J connectivity index is 1.71. The van der Waals surface area contributed by atoms with Gasteiger partial charge in [0.25, 0.3) is 0 Å². The number of likely N-dealkylation sites (tertiary alicyclic amines) is 1. The topological polar surface area (TPSA) is 67.6 Å². The van der Waals surface area contributed by atoms with Crippen LogP contribution in [0.15, 0.2) is 34.9 Å². The van der Waals surface area contributed by atoms with E-state index in [-0.39, 0.29) is 11.9 Å². The van der Waals surface area contributed by atoms with E-state index in [1.54, 1.807) is 24.1 Å². The van der Waals surface area contributed by atoms with Crippen LogP contribution in [-0.4, -0.2) is 29.7 Å². The van der Waals surface area contributed by atoms with E-state index in [0.29, 0.717) is 18.4 Å². The number of rotatable bonds is 3. The molecule has 0 bridgehead atoms. The highest BCUT2D eigenvalue weighted by Crippen LogP contribution is 2.34. The molecule has 2 aromatic rings. The zero-order chi connectivity index (χ0) is 18.0. The maximum atomic E-state index is 12.5. The van der Waals surface area contributed by atoms with Crippen LogP contribution in [0.4, 0.5) is 23.8 Å². The van der Waals surface area contributed by atoms with E-state index in [4.69, 9.17) is 4.74 Å². The molecule has 1 saturated heterocycles. The number of benzene rings is 1. The lowest BCUT2D eigenvalue weighted by Gasteiger charge is -2.24. The minimum atomic E-state index is -4.62. The molecule has 2 heterocycles. The number of carbonyl (C=O) groups excluding carboxylic acids is 1. The number of aromatic nitrogens is 1. The SMILES string of the molecule is COc1ccc([C@H]2CCCN2C(=O)Nc2cc(C(F)(F)F)no2)cc1. The molecule has 134 valence electrons. The summed E-state index contributed by atoms with van der Waals surface area (Å²) in [5.41, 5.74) is -0.252. The number of alkyl halides is 3. The van der Waals surface area contributed by atoms with E-state index < -0.39 is 17.9 Å². The summed E-state index contributed by atoms with van der Waals surface area (Å²) in [6.07, 6.45) is -3.05. The predicted molar refractivity (Wildman–Crippen MR) is 82.2 cm³/mol. The first-order chi connectivity index (χ1) is 11.9. The zero-order valence-electron chi connectivity index (χ0n) is 13.3. The van der Waals surface area contributed by atoms with Crippen molar-refractivity contribution < 1.29 is 27.2 Å². The molecule has 1 atom stereocenters. The largest absolute Gasteiger partial charge is 0.497 e. The number of carbonyl (C=O) groups is 1. The molecular weight excluding hydrogens is 339 g/mol. The van der Waals surface area contributed by atoms with Gasteiger partial charge in [0.1, 0.15) is 5.75 Å². The average molecular weight is 355 g/mol. The standard InChI is InChI=1S/C16H16F3N3O3/c1-24-11-6-4-10(5-7-11)12-3-2-8-22(12)15(23)20-14-9-13(21-25-14)16(17,18)19/h4-7,9,12H,2-3,8H2,1H3,(H,20,23)/t12-/m1/s1. The molecule has 1 aliphatic heterocycles. The van der Waals surface area contributed by atoms with Crippen LogP contribution in [0.3, 0.4) is 0 Å². The second-order valence-corrected chi connectivity index (χ2v) is 5.63. The molecule has 1 aliphatic rings. The number of methoxy groups -OCH3 is 1. The molecule has 0 saturated carbocycles. The van der Waals surface area contributed by atoms with E-state index in [1.165, 1.54) is 0 Å². The van der Waals surface area contributed by atoms with Crippen molar-refractivity contribution in [3.63, 3.8) is 0 Å². The molecule has 1 fully saturated rings. The highest BCUT2D eigenvalue weighted by molar-refractivity contribution is 5.88. The number of urea groups is 1. The fourth-order valence-corrected chi connectivity index (χ4v) is 2.83. The lowest BCUT2D eigenvalue weighted by molar-refractivity contribution is -0.142. The maximum Gasteiger partial charge on any atom is 0.436 e. The molecule has 9 heteroatoms. The fourth-order valence-electron chi connectivity index (χ4n) is 2.83. The molecule has 1 N–H and O–H groups in total. The van der Waals surface area contributed by atoms with Crippen LogP contribution in [-0.2, 0) is 6.18 Å². The summed E-state index contributed by atoms with van der Waals surface area (Å²) in [7, 11) is 1.57. The van der Waals surface area contributed by atoms with Crippen LogP contribution in [0.25, 0.3) is 0 Å². The van der Waals surface area contributed by atoms with Crippen molar-refractivity contribution in [2.75, 3.05) is 19.0 Å². The normalized spacial score (nSPS) is 17.6. The Morgan fingerprint density at radius 3 is 2.68 bits per heavy atom. The molecule has 6 nitrogen and oxygen atoms in total. The summed E-state index contributed by atoms with van der Waals surface area (Å²) in [5, 5.41) is 5.25. The van der Waals surface area contributed by atoms with Gasteiger partial charge in [-0.2, -0.15) is 13.2 Å². The number of amides is 2. The number of halogens is 3. The van der Waals surface area contributed by atoms with Gasteiger partial charge in [0, 0.05) is 12.6 Å². The first kappa shape index (κ1) is 17.1. The van der Waals surface area contributed by atoms with Crippen LogP contribution < -0.4 is 10.1 Å². The highest BCUT2D eigenvalue weighted by Gasteiger charge is 2.36. The second kappa shape index (κ2) is 6.66. The quantitative estimate of drug-likeness (QED) is 0.901. The fraction of sp³-hybridized carbons (Fsp3) is 0.375. The number of ether oxygens (including phenoxy) is 1. The minimum Gasteiger partial charge on any atom is -0.497 e. The van der Waals surface area contributed by atoms with Crippen molar-refractivity contribution >= 4 is 11.9 Å². The summed E-state index contributed by atoms with van der Waals surface area (Å²) >= 11 is 0. The van der Waals surface area contributed by atoms with E-state index >= 15 is 0 Å². The molecule has 0 radical (unpaired) electrons. The summed E-state index contributed by atoms with van der Waals surface area (Å²) in [4.78, 5) is 14.0. The van der Waals surface area contributed by atoms with Crippen molar-refractivity contribution in [1.29, 1.82) is 0 Å². The van der Waals surface area contributed by atoms with E-state index in [9.17, 15) is 18.0 Å². The van der Waals surface area contributed by atoms with Crippen LogP contribution in [0.5, 0.6) is 5.75 Å². The molecule has 0 spiro atoms. The summed E-state index contributed by atoms with van der Waals surface area (Å²) in [5.74, 6) is 0.372. The Kier molecular flexibility index (Phi) is 4.56. The molecule has 3 rings (SSSR count).